The van der Waals surface area contributed by atoms with Crippen LogP contribution in [0.1, 0.15) is 20.8 Å². The predicted octanol–water partition coefficient (Wildman–Crippen LogP) is -1.09. The van der Waals surface area contributed by atoms with Crippen molar-refractivity contribution < 1.29 is 33.2 Å². The van der Waals surface area contributed by atoms with Crippen LogP contribution in [0.25, 0.3) is 0 Å². The summed E-state index contributed by atoms with van der Waals surface area (Å²) in [6.07, 6.45) is 0. The molecule has 0 aromatic rings. The number of hydrogen-bond donors (Lipinski definition) is 4. The SMILES string of the molecule is CC(C)(C)O.CO.O.O=S(=O)(O)O. The third kappa shape index (κ3) is 17900. The molecule has 8 heteroatoms. The average Bonchev–Trinajstić information content (AvgIpc) is 1.59. The highest BCUT2D eigenvalue weighted by atomic mass is 32.3. The molecule has 13 heavy (non-hydrogen) atoms. The third-order valence-electron chi connectivity index (χ3n) is 0. The van der Waals surface area contributed by atoms with Gasteiger partial charge in [-0.2, -0.15) is 8.42 Å². The number of aliphatic hydroxyl groups is 2. The van der Waals surface area contributed by atoms with Gasteiger partial charge in [0, 0.05) is 7.11 Å². The minimum absolute atomic E-state index is 0. The fourth-order valence-electron chi connectivity index (χ4n) is 0. The third-order valence-corrected chi connectivity index (χ3v) is 0. The van der Waals surface area contributed by atoms with E-state index >= 15 is 0 Å². The molecule has 0 atom stereocenters. The maximum atomic E-state index is 8.74. The first-order valence-corrected chi connectivity index (χ1v) is 4.27. The van der Waals surface area contributed by atoms with E-state index in [2.05, 4.69) is 0 Å². The summed E-state index contributed by atoms with van der Waals surface area (Å²) < 4.78 is 31.6. The molecule has 0 aromatic carbocycles. The van der Waals surface area contributed by atoms with Gasteiger partial charge in [-0.05, 0) is 20.8 Å². The van der Waals surface area contributed by atoms with E-state index < -0.39 is 16.0 Å². The summed E-state index contributed by atoms with van der Waals surface area (Å²) in [6.45, 7) is 5.23. The maximum absolute atomic E-state index is 8.74. The summed E-state index contributed by atoms with van der Waals surface area (Å²) >= 11 is 0. The Hall–Kier alpha value is -0.250. The van der Waals surface area contributed by atoms with Crippen molar-refractivity contribution in [2.45, 2.75) is 26.4 Å². The monoisotopic (exact) mass is 222 g/mol. The predicted molar refractivity (Wildman–Crippen MR) is 47.9 cm³/mol. The molecule has 0 bridgehead atoms. The Morgan fingerprint density at radius 1 is 1.00 bits per heavy atom. The van der Waals surface area contributed by atoms with Gasteiger partial charge in [-0.3, -0.25) is 9.11 Å². The first-order chi connectivity index (χ1) is 5.00. The Labute approximate surface area is 77.9 Å². The van der Waals surface area contributed by atoms with Crippen molar-refractivity contribution in [3.8, 4) is 0 Å². The first-order valence-electron chi connectivity index (χ1n) is 2.87. The van der Waals surface area contributed by atoms with Crippen LogP contribution in [0, 0.1) is 0 Å². The fourth-order valence-corrected chi connectivity index (χ4v) is 0. The van der Waals surface area contributed by atoms with Crippen LogP contribution in [-0.4, -0.2) is 45.9 Å². The first kappa shape index (κ1) is 23.0. The Balaban J connectivity index is -0.0000000491. The van der Waals surface area contributed by atoms with Gasteiger partial charge < -0.3 is 15.7 Å². The minimum atomic E-state index is -4.67. The van der Waals surface area contributed by atoms with Crippen LogP contribution in [0.5, 0.6) is 0 Å². The van der Waals surface area contributed by atoms with Gasteiger partial charge in [0.2, 0.25) is 0 Å². The van der Waals surface area contributed by atoms with E-state index in [1.54, 1.807) is 20.8 Å². The lowest BCUT2D eigenvalue weighted by atomic mass is 10.2. The molecule has 0 aliphatic carbocycles. The van der Waals surface area contributed by atoms with E-state index in [4.69, 9.17) is 27.7 Å². The highest BCUT2D eigenvalue weighted by Gasteiger charge is 1.97. The molecule has 6 N–H and O–H groups in total. The van der Waals surface area contributed by atoms with Gasteiger partial charge in [-0.15, -0.1) is 0 Å². The van der Waals surface area contributed by atoms with Gasteiger partial charge in [0.25, 0.3) is 0 Å². The van der Waals surface area contributed by atoms with Gasteiger partial charge in [0.05, 0.1) is 5.60 Å². The van der Waals surface area contributed by atoms with Crippen molar-refractivity contribution in [2.75, 3.05) is 7.11 Å². The summed E-state index contributed by atoms with van der Waals surface area (Å²) in [5.74, 6) is 0. The van der Waals surface area contributed by atoms with Gasteiger partial charge in [0.15, 0.2) is 0 Å². The van der Waals surface area contributed by atoms with E-state index in [1.165, 1.54) is 0 Å². The summed E-state index contributed by atoms with van der Waals surface area (Å²) in [6, 6.07) is 0. The molecular weight excluding hydrogens is 204 g/mol. The molecule has 0 rings (SSSR count). The summed E-state index contributed by atoms with van der Waals surface area (Å²) in [5, 5.41) is 15.5. The van der Waals surface area contributed by atoms with E-state index in [1.807, 2.05) is 0 Å². The number of aliphatic hydroxyl groups excluding tert-OH is 1. The lowest BCUT2D eigenvalue weighted by molar-refractivity contribution is 0.102. The molecule has 0 saturated heterocycles. The van der Waals surface area contributed by atoms with Gasteiger partial charge in [0.1, 0.15) is 0 Å². The maximum Gasteiger partial charge on any atom is 0.394 e. The van der Waals surface area contributed by atoms with Crippen molar-refractivity contribution >= 4 is 10.4 Å². The van der Waals surface area contributed by atoms with Crippen LogP contribution in [0.3, 0.4) is 0 Å². The van der Waals surface area contributed by atoms with E-state index in [-0.39, 0.29) is 5.48 Å². The van der Waals surface area contributed by atoms with Crippen LogP contribution >= 0.6 is 0 Å². The highest BCUT2D eigenvalue weighted by Crippen LogP contribution is 1.93. The van der Waals surface area contributed by atoms with E-state index in [0.717, 1.165) is 7.11 Å². The van der Waals surface area contributed by atoms with Crippen molar-refractivity contribution in [3.63, 3.8) is 0 Å². The average molecular weight is 222 g/mol. The topological polar surface area (TPSA) is 147 Å². The summed E-state index contributed by atoms with van der Waals surface area (Å²) in [5.41, 5.74) is -0.500. The van der Waals surface area contributed by atoms with Crippen molar-refractivity contribution in [2.24, 2.45) is 0 Å². The smallest absolute Gasteiger partial charge is 0.394 e. The molecular formula is C5H18O7S. The Bertz CT molecular complexity index is 152. The Morgan fingerprint density at radius 2 is 1.00 bits per heavy atom. The van der Waals surface area contributed by atoms with Gasteiger partial charge in [-0.1, -0.05) is 0 Å². The molecule has 0 unspecified atom stereocenters. The molecule has 0 saturated carbocycles. The quantitative estimate of drug-likeness (QED) is 0.383. The lowest BCUT2D eigenvalue weighted by Crippen LogP contribution is -2.10. The molecule has 0 spiro atoms. The lowest BCUT2D eigenvalue weighted by Gasteiger charge is -2.04. The normalized spacial score (nSPS) is 9.54. The minimum Gasteiger partial charge on any atom is -0.412 e. The Kier molecular flexibility index (Phi) is 17.4. The van der Waals surface area contributed by atoms with Gasteiger partial charge in [-0.25, -0.2) is 0 Å². The second kappa shape index (κ2) is 9.84. The van der Waals surface area contributed by atoms with Crippen molar-refractivity contribution in [1.29, 1.82) is 0 Å². The zero-order valence-electron chi connectivity index (χ0n) is 8.01. The molecule has 0 heterocycles. The number of hydrogen-bond acceptors (Lipinski definition) is 4. The van der Waals surface area contributed by atoms with Crippen LogP contribution in [-0.2, 0) is 10.4 Å². The second-order valence-electron chi connectivity index (χ2n) is 2.62. The zero-order valence-corrected chi connectivity index (χ0v) is 8.83. The Morgan fingerprint density at radius 3 is 1.00 bits per heavy atom. The molecule has 7 nitrogen and oxygen atoms in total. The molecule has 0 aliphatic rings. The van der Waals surface area contributed by atoms with Crippen LogP contribution < -0.4 is 0 Å². The zero-order chi connectivity index (χ0) is 11.0. The van der Waals surface area contributed by atoms with Gasteiger partial charge >= 0.3 is 10.4 Å². The van der Waals surface area contributed by atoms with E-state index in [0.29, 0.717) is 0 Å². The molecule has 0 aromatic heterocycles. The van der Waals surface area contributed by atoms with Crippen molar-refractivity contribution in [3.05, 3.63) is 0 Å². The number of rotatable bonds is 0. The van der Waals surface area contributed by atoms with E-state index in [9.17, 15) is 0 Å². The standard InChI is InChI=1S/C4H10O.CH4O.H2O4S.H2O/c1-4(2,3)5;1-2;1-5(2,3)4;/h5H,1-3H3;2H,1H3;(H2,1,2,3,4);1H2. The fraction of sp³-hybridized carbons (Fsp3) is 1.00. The highest BCUT2D eigenvalue weighted by molar-refractivity contribution is 7.79. The van der Waals surface area contributed by atoms with Crippen LogP contribution in [0.4, 0.5) is 0 Å². The second-order valence-corrected chi connectivity index (χ2v) is 3.51. The largest absolute Gasteiger partial charge is 0.412 e. The summed E-state index contributed by atoms with van der Waals surface area (Å²) in [4.78, 5) is 0. The molecule has 0 amide bonds. The molecule has 0 fully saturated rings. The van der Waals surface area contributed by atoms with Crippen LogP contribution in [0.15, 0.2) is 0 Å². The molecule has 86 valence electrons. The molecule has 0 radical (unpaired) electrons. The van der Waals surface area contributed by atoms with Crippen molar-refractivity contribution in [1.82, 2.24) is 0 Å². The van der Waals surface area contributed by atoms with Crippen LogP contribution in [0.2, 0.25) is 0 Å². The molecule has 0 aliphatic heterocycles. The summed E-state index contributed by atoms with van der Waals surface area (Å²) in [7, 11) is -3.67.